The van der Waals surface area contributed by atoms with E-state index in [-0.39, 0.29) is 12.5 Å². The van der Waals surface area contributed by atoms with Crippen LogP contribution >= 0.6 is 0 Å². The quantitative estimate of drug-likeness (QED) is 0.514. The maximum Gasteiger partial charge on any atom is 0.416 e. The van der Waals surface area contributed by atoms with Crippen molar-refractivity contribution in [3.63, 3.8) is 0 Å². The van der Waals surface area contributed by atoms with Crippen molar-refractivity contribution in [2.75, 3.05) is 27.7 Å². The molecule has 0 saturated carbocycles. The Hall–Kier alpha value is -3.23. The first-order chi connectivity index (χ1) is 14.6. The fourth-order valence-corrected chi connectivity index (χ4v) is 2.64. The average molecular weight is 436 g/mol. The molecular formula is C22H27F3N4O2. The summed E-state index contributed by atoms with van der Waals surface area (Å²) in [5.74, 6) is 0.876. The van der Waals surface area contributed by atoms with E-state index >= 15 is 0 Å². The van der Waals surface area contributed by atoms with Crippen molar-refractivity contribution in [2.45, 2.75) is 25.7 Å². The van der Waals surface area contributed by atoms with Crippen LogP contribution in [-0.4, -0.2) is 44.5 Å². The summed E-state index contributed by atoms with van der Waals surface area (Å²) in [6, 6.07) is 12.0. The Morgan fingerprint density at radius 2 is 1.84 bits per heavy atom. The summed E-state index contributed by atoms with van der Waals surface area (Å²) in [6.07, 6.45) is -4.42. The SMILES string of the molecule is COc1ccc(CN=C(NCC(=O)N(C)C)NC(C)c2cccc(C(F)(F)F)c2)cc1. The van der Waals surface area contributed by atoms with Crippen molar-refractivity contribution in [3.05, 3.63) is 65.2 Å². The van der Waals surface area contributed by atoms with E-state index in [2.05, 4.69) is 15.6 Å². The largest absolute Gasteiger partial charge is 0.497 e. The molecule has 0 radical (unpaired) electrons. The lowest BCUT2D eigenvalue weighted by Crippen LogP contribution is -2.43. The molecule has 2 rings (SSSR count). The number of methoxy groups -OCH3 is 1. The lowest BCUT2D eigenvalue weighted by molar-refractivity contribution is -0.137. The third-order valence-electron chi connectivity index (χ3n) is 4.55. The van der Waals surface area contributed by atoms with Crippen molar-refractivity contribution in [2.24, 2.45) is 4.99 Å². The van der Waals surface area contributed by atoms with Gasteiger partial charge in [-0.2, -0.15) is 13.2 Å². The summed E-state index contributed by atoms with van der Waals surface area (Å²) in [5, 5.41) is 6.02. The lowest BCUT2D eigenvalue weighted by atomic mass is 10.1. The van der Waals surface area contributed by atoms with Gasteiger partial charge in [-0.15, -0.1) is 0 Å². The number of carbonyl (C=O) groups is 1. The van der Waals surface area contributed by atoms with Crippen LogP contribution in [0.1, 0.15) is 29.7 Å². The summed E-state index contributed by atoms with van der Waals surface area (Å²) >= 11 is 0. The molecule has 2 N–H and O–H groups in total. The van der Waals surface area contributed by atoms with Gasteiger partial charge in [0.1, 0.15) is 5.75 Å². The van der Waals surface area contributed by atoms with E-state index in [1.165, 1.54) is 11.0 Å². The zero-order valence-corrected chi connectivity index (χ0v) is 18.0. The minimum absolute atomic E-state index is 0.00322. The predicted molar refractivity (Wildman–Crippen MR) is 114 cm³/mol. The molecule has 0 aliphatic heterocycles. The first kappa shape index (κ1) is 24.0. The van der Waals surface area contributed by atoms with E-state index in [4.69, 9.17) is 4.74 Å². The van der Waals surface area contributed by atoms with Gasteiger partial charge >= 0.3 is 6.18 Å². The molecule has 9 heteroatoms. The molecule has 1 unspecified atom stereocenters. The van der Waals surface area contributed by atoms with Gasteiger partial charge in [0.15, 0.2) is 5.96 Å². The zero-order chi connectivity index (χ0) is 23.0. The fourth-order valence-electron chi connectivity index (χ4n) is 2.64. The molecule has 1 atom stereocenters. The molecule has 0 fully saturated rings. The first-order valence-corrected chi connectivity index (χ1v) is 9.65. The van der Waals surface area contributed by atoms with Crippen molar-refractivity contribution in [3.8, 4) is 5.75 Å². The average Bonchev–Trinajstić information content (AvgIpc) is 2.75. The Balaban J connectivity index is 2.17. The van der Waals surface area contributed by atoms with Gasteiger partial charge in [-0.3, -0.25) is 4.79 Å². The number of alkyl halides is 3. The topological polar surface area (TPSA) is 66.0 Å². The highest BCUT2D eigenvalue weighted by Gasteiger charge is 2.30. The number of hydrogen-bond donors (Lipinski definition) is 2. The van der Waals surface area contributed by atoms with E-state index < -0.39 is 17.8 Å². The molecule has 6 nitrogen and oxygen atoms in total. The smallest absolute Gasteiger partial charge is 0.416 e. The molecule has 0 aliphatic rings. The molecule has 168 valence electrons. The van der Waals surface area contributed by atoms with Crippen LogP contribution in [0, 0.1) is 0 Å². The van der Waals surface area contributed by atoms with Crippen LogP contribution in [-0.2, 0) is 17.5 Å². The van der Waals surface area contributed by atoms with E-state index in [1.54, 1.807) is 34.2 Å². The highest BCUT2D eigenvalue weighted by Crippen LogP contribution is 2.30. The second-order valence-electron chi connectivity index (χ2n) is 7.14. The minimum Gasteiger partial charge on any atom is -0.497 e. The summed E-state index contributed by atoms with van der Waals surface area (Å²) in [7, 11) is 4.85. The second-order valence-corrected chi connectivity index (χ2v) is 7.14. The molecule has 0 spiro atoms. The Kier molecular flexibility index (Phi) is 8.30. The van der Waals surface area contributed by atoms with Gasteiger partial charge in [0.2, 0.25) is 5.91 Å². The van der Waals surface area contributed by atoms with Crippen LogP contribution in [0.3, 0.4) is 0 Å². The number of hydrogen-bond acceptors (Lipinski definition) is 3. The summed E-state index contributed by atoms with van der Waals surface area (Å²) < 4.78 is 44.2. The number of carbonyl (C=O) groups excluding carboxylic acids is 1. The molecule has 2 aromatic carbocycles. The van der Waals surface area contributed by atoms with Crippen LogP contribution in [0.4, 0.5) is 13.2 Å². The van der Waals surface area contributed by atoms with E-state index in [1.807, 2.05) is 24.3 Å². The fraction of sp³-hybridized carbons (Fsp3) is 0.364. The number of rotatable bonds is 7. The van der Waals surface area contributed by atoms with Crippen LogP contribution in [0.2, 0.25) is 0 Å². The number of likely N-dealkylation sites (N-methyl/N-ethyl adjacent to an activating group) is 1. The zero-order valence-electron chi connectivity index (χ0n) is 18.0. The van der Waals surface area contributed by atoms with Gasteiger partial charge in [0.25, 0.3) is 0 Å². The summed E-state index contributed by atoms with van der Waals surface area (Å²) in [6.45, 7) is 2.04. The van der Waals surface area contributed by atoms with Gasteiger partial charge in [-0.05, 0) is 42.3 Å². The Morgan fingerprint density at radius 3 is 2.42 bits per heavy atom. The predicted octanol–water partition coefficient (Wildman–Crippen LogP) is 3.60. The highest BCUT2D eigenvalue weighted by molar-refractivity contribution is 5.86. The monoisotopic (exact) mass is 436 g/mol. The molecule has 0 saturated heterocycles. The molecule has 0 aromatic heterocycles. The van der Waals surface area contributed by atoms with E-state index in [9.17, 15) is 18.0 Å². The normalized spacial score (nSPS) is 12.8. The number of amides is 1. The standard InChI is InChI=1S/C22H27F3N4O2/c1-15(17-6-5-7-18(12-17)22(23,24)25)28-21(27-14-20(30)29(2)3)26-13-16-8-10-19(31-4)11-9-16/h5-12,15H,13-14H2,1-4H3,(H2,26,27,28). The molecule has 1 amide bonds. The van der Waals surface area contributed by atoms with Crippen molar-refractivity contribution < 1.29 is 22.7 Å². The third kappa shape index (κ3) is 7.51. The van der Waals surface area contributed by atoms with Crippen molar-refractivity contribution in [1.29, 1.82) is 0 Å². The van der Waals surface area contributed by atoms with Gasteiger partial charge in [0, 0.05) is 14.1 Å². The Morgan fingerprint density at radius 1 is 1.16 bits per heavy atom. The Labute approximate surface area is 180 Å². The minimum atomic E-state index is -4.42. The van der Waals surface area contributed by atoms with Gasteiger partial charge in [-0.1, -0.05) is 24.3 Å². The number of ether oxygens (including phenoxy) is 1. The summed E-state index contributed by atoms with van der Waals surface area (Å²) in [5.41, 5.74) is 0.645. The van der Waals surface area contributed by atoms with Crippen molar-refractivity contribution >= 4 is 11.9 Å². The van der Waals surface area contributed by atoms with Crippen LogP contribution in [0.5, 0.6) is 5.75 Å². The van der Waals surface area contributed by atoms with Gasteiger partial charge < -0.3 is 20.3 Å². The molecule has 31 heavy (non-hydrogen) atoms. The summed E-state index contributed by atoms with van der Waals surface area (Å²) in [4.78, 5) is 17.9. The van der Waals surface area contributed by atoms with Crippen LogP contribution in [0.15, 0.2) is 53.5 Å². The maximum atomic E-state index is 13.0. The first-order valence-electron chi connectivity index (χ1n) is 9.65. The lowest BCUT2D eigenvalue weighted by Gasteiger charge is -2.20. The molecule has 0 aliphatic carbocycles. The third-order valence-corrected chi connectivity index (χ3v) is 4.55. The molecule has 0 heterocycles. The number of nitrogens with one attached hydrogen (secondary N) is 2. The number of nitrogens with zero attached hydrogens (tertiary/aromatic N) is 2. The molecular weight excluding hydrogens is 409 g/mol. The number of guanidine groups is 1. The van der Waals surface area contributed by atoms with Crippen LogP contribution in [0.25, 0.3) is 0 Å². The maximum absolute atomic E-state index is 13.0. The number of halogens is 3. The Bertz CT molecular complexity index is 896. The van der Waals surface area contributed by atoms with Crippen molar-refractivity contribution in [1.82, 2.24) is 15.5 Å². The van der Waals surface area contributed by atoms with Gasteiger partial charge in [-0.25, -0.2) is 4.99 Å². The highest BCUT2D eigenvalue weighted by atomic mass is 19.4. The van der Waals surface area contributed by atoms with Gasteiger partial charge in [0.05, 0.1) is 31.8 Å². The molecule has 2 aromatic rings. The van der Waals surface area contributed by atoms with Crippen LogP contribution < -0.4 is 15.4 Å². The van der Waals surface area contributed by atoms with E-state index in [0.717, 1.165) is 23.4 Å². The second kappa shape index (κ2) is 10.7. The number of benzene rings is 2. The number of aliphatic imine (C=N–C) groups is 1. The van der Waals surface area contributed by atoms with E-state index in [0.29, 0.717) is 18.1 Å². The molecule has 0 bridgehead atoms.